The Balaban J connectivity index is 1.38. The van der Waals surface area contributed by atoms with Crippen LogP contribution in [0.25, 0.3) is 98.8 Å². The molecule has 0 spiro atoms. The van der Waals surface area contributed by atoms with Crippen LogP contribution in [0.5, 0.6) is 0 Å². The van der Waals surface area contributed by atoms with Crippen LogP contribution < -0.4 is 0 Å². The van der Waals surface area contributed by atoms with E-state index in [0.29, 0.717) is 38.2 Å². The number of furan rings is 1. The van der Waals surface area contributed by atoms with Crippen LogP contribution in [0.15, 0.2) is 186 Å². The van der Waals surface area contributed by atoms with Crippen molar-refractivity contribution in [2.24, 2.45) is 0 Å². The van der Waals surface area contributed by atoms with E-state index >= 15 is 0 Å². The third kappa shape index (κ3) is 4.40. The second-order valence-electron chi connectivity index (χ2n) is 11.6. The molecule has 0 radical (unpaired) electrons. The molecule has 0 bridgehead atoms. The summed E-state index contributed by atoms with van der Waals surface area (Å²) in [6.07, 6.45) is 0. The number of rotatable bonds is 4. The van der Waals surface area contributed by atoms with Crippen molar-refractivity contribution in [2.45, 2.75) is 0 Å². The van der Waals surface area contributed by atoms with Crippen molar-refractivity contribution in [3.8, 4) is 44.5 Å². The minimum Gasteiger partial charge on any atom is -0.456 e. The van der Waals surface area contributed by atoms with Crippen LogP contribution >= 0.6 is 0 Å². The summed E-state index contributed by atoms with van der Waals surface area (Å²) in [4.78, 5) is 0. The first-order valence-corrected chi connectivity index (χ1v) is 15.6. The third-order valence-electron chi connectivity index (χ3n) is 8.94. The molecule has 9 aromatic carbocycles. The zero-order chi connectivity index (χ0) is 45.4. The maximum atomic E-state index is 9.80. The second kappa shape index (κ2) is 11.1. The molecule has 0 aliphatic heterocycles. The monoisotopic (exact) mass is 637 g/mol. The number of fused-ring (bicyclic) bond motifs is 6. The average molecular weight is 638 g/mol. The van der Waals surface area contributed by atoms with Crippen molar-refractivity contribution < 1.29 is 25.0 Å². The molecule has 0 N–H and O–H groups in total. The molecule has 0 aliphatic rings. The van der Waals surface area contributed by atoms with Gasteiger partial charge in [-0.3, -0.25) is 0 Å². The van der Waals surface area contributed by atoms with E-state index in [0.717, 1.165) is 10.8 Å². The zero-order valence-corrected chi connectivity index (χ0v) is 25.6. The van der Waals surface area contributed by atoms with Crippen LogP contribution in [-0.4, -0.2) is 0 Å². The van der Waals surface area contributed by atoms with E-state index < -0.39 is 77.6 Å². The SMILES string of the molecule is [2H]c1c([2H])c([2H])c(-c2c([2H])c([2H])c3oc4c([2H])c([2H])c([2H])c(-c5c6ccccc6c(-c6c([2H])c([2H])c([2H])c(-c7cccc8ccccc78)c6[2H])c6ccccc56)c4c3c2[2H])c([2H])c1[2H]. The maximum absolute atomic E-state index is 9.80. The molecule has 1 heterocycles. The van der Waals surface area contributed by atoms with E-state index in [2.05, 4.69) is 0 Å². The molecular formula is C48H30O. The van der Waals surface area contributed by atoms with Gasteiger partial charge in [0.15, 0.2) is 0 Å². The molecule has 0 atom stereocenters. The van der Waals surface area contributed by atoms with Crippen molar-refractivity contribution in [2.75, 3.05) is 0 Å². The van der Waals surface area contributed by atoms with Crippen LogP contribution in [0.3, 0.4) is 0 Å². The summed E-state index contributed by atoms with van der Waals surface area (Å²) in [5, 5.41) is 3.27. The van der Waals surface area contributed by atoms with Crippen LogP contribution in [0.4, 0.5) is 0 Å². The smallest absolute Gasteiger partial charge is 0.136 e. The van der Waals surface area contributed by atoms with Crippen LogP contribution in [0, 0.1) is 0 Å². The Morgan fingerprint density at radius 1 is 0.367 bits per heavy atom. The Kier molecular flexibility index (Phi) is 3.75. The van der Waals surface area contributed by atoms with E-state index in [4.69, 9.17) is 19.5 Å². The highest BCUT2D eigenvalue weighted by molar-refractivity contribution is 6.26. The lowest BCUT2D eigenvalue weighted by molar-refractivity contribution is 0.669. The lowest BCUT2D eigenvalue weighted by Crippen LogP contribution is -1.92. The summed E-state index contributed by atoms with van der Waals surface area (Å²) < 4.78 is 141. The molecule has 0 aliphatic carbocycles. The Morgan fingerprint density at radius 2 is 1.00 bits per heavy atom. The molecular weight excluding hydrogens is 593 g/mol. The molecule has 0 unspecified atom stereocenters. The molecule has 0 fully saturated rings. The fourth-order valence-electron chi connectivity index (χ4n) is 6.85. The van der Waals surface area contributed by atoms with Gasteiger partial charge in [-0.1, -0.05) is 157 Å². The predicted octanol–water partition coefficient (Wildman–Crippen LogP) is 13.7. The molecule has 0 amide bonds. The van der Waals surface area contributed by atoms with Crippen LogP contribution in [0.2, 0.25) is 0 Å². The van der Waals surface area contributed by atoms with Gasteiger partial charge in [0.25, 0.3) is 0 Å². The average Bonchev–Trinajstić information content (AvgIpc) is 3.71. The topological polar surface area (TPSA) is 13.1 Å². The fraction of sp³-hybridized carbons (Fsp3) is 0. The van der Waals surface area contributed by atoms with Gasteiger partial charge in [0, 0.05) is 10.8 Å². The van der Waals surface area contributed by atoms with Crippen molar-refractivity contribution in [3.63, 3.8) is 0 Å². The molecule has 0 saturated heterocycles. The summed E-state index contributed by atoms with van der Waals surface area (Å²) >= 11 is 0. The Hall–Kier alpha value is -6.44. The van der Waals surface area contributed by atoms with Gasteiger partial charge in [-0.2, -0.15) is 0 Å². The van der Waals surface area contributed by atoms with Gasteiger partial charge < -0.3 is 4.42 Å². The molecule has 228 valence electrons. The number of hydrogen-bond donors (Lipinski definition) is 0. The standard InChI is InChI=1S/C48H30O/c1-2-13-31(14-3-1)33-27-28-44-43(30-33)48-42(25-12-26-45(48)49-44)47-40-22-8-6-20-38(40)46(39-21-7-9-23-41(39)47)35-18-10-17-34(29-35)37-24-11-16-32-15-4-5-19-36(32)37/h1-30H/i1D,2D,3D,10D,12D,13D,14D,17D,18D,25D,26D,27D,28D,29D,30D. The fourth-order valence-corrected chi connectivity index (χ4v) is 6.85. The highest BCUT2D eigenvalue weighted by Crippen LogP contribution is 2.47. The summed E-state index contributed by atoms with van der Waals surface area (Å²) in [7, 11) is 0. The van der Waals surface area contributed by atoms with Gasteiger partial charge >= 0.3 is 0 Å². The molecule has 1 nitrogen and oxygen atoms in total. The van der Waals surface area contributed by atoms with Crippen LogP contribution in [0.1, 0.15) is 20.6 Å². The van der Waals surface area contributed by atoms with E-state index in [1.165, 1.54) is 0 Å². The van der Waals surface area contributed by atoms with Crippen molar-refractivity contribution in [3.05, 3.63) is 182 Å². The van der Waals surface area contributed by atoms with Gasteiger partial charge in [0.1, 0.15) is 11.2 Å². The minimum absolute atomic E-state index is 0.0164. The summed E-state index contributed by atoms with van der Waals surface area (Å²) in [6, 6.07) is 19.2. The van der Waals surface area contributed by atoms with Gasteiger partial charge in [-0.15, -0.1) is 0 Å². The zero-order valence-electron chi connectivity index (χ0n) is 40.6. The van der Waals surface area contributed by atoms with Gasteiger partial charge in [0.05, 0.1) is 20.6 Å². The highest BCUT2D eigenvalue weighted by Gasteiger charge is 2.21. The Labute approximate surface area is 305 Å². The second-order valence-corrected chi connectivity index (χ2v) is 11.6. The molecule has 1 aromatic heterocycles. The number of hydrogen-bond acceptors (Lipinski definition) is 1. The number of benzene rings is 9. The molecule has 10 aromatic rings. The lowest BCUT2D eigenvalue weighted by atomic mass is 9.84. The van der Waals surface area contributed by atoms with E-state index in [1.807, 2.05) is 36.4 Å². The normalized spacial score (nSPS) is 16.0. The van der Waals surface area contributed by atoms with Gasteiger partial charge in [-0.25, -0.2) is 0 Å². The molecule has 49 heavy (non-hydrogen) atoms. The van der Waals surface area contributed by atoms with E-state index in [9.17, 15) is 5.48 Å². The van der Waals surface area contributed by atoms with Crippen molar-refractivity contribution in [1.29, 1.82) is 0 Å². The summed E-state index contributed by atoms with van der Waals surface area (Å²) in [5.74, 6) is 0. The molecule has 0 saturated carbocycles. The van der Waals surface area contributed by atoms with Crippen LogP contribution in [-0.2, 0) is 0 Å². The first-order chi connectivity index (χ1) is 30.6. The third-order valence-corrected chi connectivity index (χ3v) is 8.94. The minimum atomic E-state index is -0.705. The largest absolute Gasteiger partial charge is 0.456 e. The summed E-state index contributed by atoms with van der Waals surface area (Å²) in [6.45, 7) is 0. The maximum Gasteiger partial charge on any atom is 0.136 e. The molecule has 1 heteroatoms. The van der Waals surface area contributed by atoms with Crippen molar-refractivity contribution >= 4 is 54.3 Å². The Bertz CT molecular complexity index is 3650. The van der Waals surface area contributed by atoms with Gasteiger partial charge in [0.2, 0.25) is 0 Å². The lowest BCUT2D eigenvalue weighted by Gasteiger charge is -2.19. The first-order valence-electron chi connectivity index (χ1n) is 23.1. The van der Waals surface area contributed by atoms with E-state index in [-0.39, 0.29) is 62.8 Å². The first kappa shape index (κ1) is 16.6. The molecule has 10 rings (SSSR count). The van der Waals surface area contributed by atoms with Gasteiger partial charge in [-0.05, 0) is 101 Å². The highest BCUT2D eigenvalue weighted by atomic mass is 16.3. The van der Waals surface area contributed by atoms with Crippen molar-refractivity contribution in [1.82, 2.24) is 0 Å². The van der Waals surface area contributed by atoms with E-state index in [1.54, 1.807) is 54.6 Å². The Morgan fingerprint density at radius 3 is 1.78 bits per heavy atom. The predicted molar refractivity (Wildman–Crippen MR) is 208 cm³/mol. The summed E-state index contributed by atoms with van der Waals surface area (Å²) in [5.41, 5.74) is 0.0511. The quantitative estimate of drug-likeness (QED) is 0.175.